The summed E-state index contributed by atoms with van der Waals surface area (Å²) in [6.07, 6.45) is -0.0838. The van der Waals surface area contributed by atoms with Gasteiger partial charge in [0.2, 0.25) is 0 Å². The standard InChI is InChI=1S/C15H11BrN2O/c16-12-5-2-6-13-15(12)19-14(9-18-13)11-4-1-3-10(7-11)8-17/h1-7,14,18H,9H2. The lowest BCUT2D eigenvalue weighted by Gasteiger charge is -2.28. The van der Waals surface area contributed by atoms with Gasteiger partial charge in [0.15, 0.2) is 5.75 Å². The molecule has 0 fully saturated rings. The predicted octanol–water partition coefficient (Wildman–Crippen LogP) is 3.87. The van der Waals surface area contributed by atoms with Gasteiger partial charge >= 0.3 is 0 Å². The number of benzene rings is 2. The van der Waals surface area contributed by atoms with Gasteiger partial charge in [0.25, 0.3) is 0 Å². The van der Waals surface area contributed by atoms with Crippen LogP contribution in [0.1, 0.15) is 17.2 Å². The number of para-hydroxylation sites is 1. The number of fused-ring (bicyclic) bond motifs is 1. The summed E-state index contributed by atoms with van der Waals surface area (Å²) >= 11 is 3.49. The Balaban J connectivity index is 1.93. The predicted molar refractivity (Wildman–Crippen MR) is 77.2 cm³/mol. The molecule has 2 aromatic rings. The number of halogens is 1. The first-order chi connectivity index (χ1) is 9.28. The summed E-state index contributed by atoms with van der Waals surface area (Å²) in [7, 11) is 0. The van der Waals surface area contributed by atoms with Crippen LogP contribution >= 0.6 is 15.9 Å². The lowest BCUT2D eigenvalue weighted by Crippen LogP contribution is -2.23. The molecule has 1 N–H and O–H groups in total. The van der Waals surface area contributed by atoms with Crippen molar-refractivity contribution in [1.29, 1.82) is 5.26 Å². The molecule has 94 valence electrons. The van der Waals surface area contributed by atoms with E-state index in [0.29, 0.717) is 12.1 Å². The van der Waals surface area contributed by atoms with Gasteiger partial charge in [-0.1, -0.05) is 18.2 Å². The molecule has 1 unspecified atom stereocenters. The zero-order valence-electron chi connectivity index (χ0n) is 10.1. The highest BCUT2D eigenvalue weighted by atomic mass is 79.9. The van der Waals surface area contributed by atoms with Crippen LogP contribution in [-0.4, -0.2) is 6.54 Å². The van der Waals surface area contributed by atoms with Crippen molar-refractivity contribution >= 4 is 21.6 Å². The van der Waals surface area contributed by atoms with Crippen LogP contribution < -0.4 is 10.1 Å². The van der Waals surface area contributed by atoms with Gasteiger partial charge in [-0.15, -0.1) is 0 Å². The molecular formula is C15H11BrN2O. The summed E-state index contributed by atoms with van der Waals surface area (Å²) in [5.41, 5.74) is 2.65. The van der Waals surface area contributed by atoms with Crippen LogP contribution in [0.15, 0.2) is 46.9 Å². The summed E-state index contributed by atoms with van der Waals surface area (Å²) in [5.74, 6) is 0.820. The molecule has 0 bridgehead atoms. The molecule has 2 aromatic carbocycles. The van der Waals surface area contributed by atoms with Gasteiger partial charge in [-0.25, -0.2) is 0 Å². The summed E-state index contributed by atoms with van der Waals surface area (Å²) < 4.78 is 6.96. The van der Waals surface area contributed by atoms with Crippen molar-refractivity contribution < 1.29 is 4.74 Å². The number of hydrogen-bond acceptors (Lipinski definition) is 3. The molecule has 3 nitrogen and oxygen atoms in total. The molecule has 0 saturated heterocycles. The Morgan fingerprint density at radius 1 is 1.26 bits per heavy atom. The van der Waals surface area contributed by atoms with Crippen molar-refractivity contribution in [3.05, 3.63) is 58.1 Å². The van der Waals surface area contributed by atoms with Gasteiger partial charge in [0.1, 0.15) is 6.10 Å². The van der Waals surface area contributed by atoms with Crippen LogP contribution in [0.3, 0.4) is 0 Å². The highest BCUT2D eigenvalue weighted by Crippen LogP contribution is 2.39. The molecule has 4 heteroatoms. The first-order valence-corrected chi connectivity index (χ1v) is 6.76. The largest absolute Gasteiger partial charge is 0.481 e. The van der Waals surface area contributed by atoms with E-state index in [9.17, 15) is 0 Å². The smallest absolute Gasteiger partial charge is 0.157 e. The molecule has 0 spiro atoms. The van der Waals surface area contributed by atoms with Crippen LogP contribution in [0.5, 0.6) is 5.75 Å². The third kappa shape index (κ3) is 2.29. The molecule has 3 rings (SSSR count). The number of anilines is 1. The number of nitrogens with zero attached hydrogens (tertiary/aromatic N) is 1. The van der Waals surface area contributed by atoms with Crippen molar-refractivity contribution in [3.63, 3.8) is 0 Å². The molecule has 0 aromatic heterocycles. The lowest BCUT2D eigenvalue weighted by atomic mass is 10.0. The second-order valence-corrected chi connectivity index (χ2v) is 5.20. The first-order valence-electron chi connectivity index (χ1n) is 5.97. The van der Waals surface area contributed by atoms with Crippen LogP contribution in [0.2, 0.25) is 0 Å². The minimum absolute atomic E-state index is 0.0838. The van der Waals surface area contributed by atoms with E-state index in [1.54, 1.807) is 6.07 Å². The third-order valence-electron chi connectivity index (χ3n) is 3.09. The normalized spacial score (nSPS) is 16.7. The fourth-order valence-corrected chi connectivity index (χ4v) is 2.61. The van der Waals surface area contributed by atoms with E-state index in [-0.39, 0.29) is 6.10 Å². The number of nitrogens with one attached hydrogen (secondary N) is 1. The monoisotopic (exact) mass is 314 g/mol. The quantitative estimate of drug-likeness (QED) is 0.869. The van der Waals surface area contributed by atoms with Crippen molar-refractivity contribution in [2.75, 3.05) is 11.9 Å². The Labute approximate surface area is 120 Å². The van der Waals surface area contributed by atoms with Crippen LogP contribution in [0, 0.1) is 11.3 Å². The number of ether oxygens (including phenoxy) is 1. The summed E-state index contributed by atoms with van der Waals surface area (Å²) in [4.78, 5) is 0. The molecule has 1 aliphatic rings. The molecule has 0 saturated carbocycles. The second-order valence-electron chi connectivity index (χ2n) is 4.34. The summed E-state index contributed by atoms with van der Waals surface area (Å²) in [6.45, 7) is 0.693. The van der Waals surface area contributed by atoms with Gasteiger partial charge in [0, 0.05) is 0 Å². The average molecular weight is 315 g/mol. The molecule has 1 atom stereocenters. The first kappa shape index (κ1) is 12.1. The van der Waals surface area contributed by atoms with Crippen molar-refractivity contribution in [2.45, 2.75) is 6.10 Å². The van der Waals surface area contributed by atoms with Crippen molar-refractivity contribution in [1.82, 2.24) is 0 Å². The van der Waals surface area contributed by atoms with E-state index in [1.807, 2.05) is 36.4 Å². The van der Waals surface area contributed by atoms with Crippen molar-refractivity contribution in [3.8, 4) is 11.8 Å². The minimum Gasteiger partial charge on any atom is -0.481 e. The highest BCUT2D eigenvalue weighted by Gasteiger charge is 2.22. The molecule has 1 aliphatic heterocycles. The van der Waals surface area contributed by atoms with Crippen molar-refractivity contribution in [2.24, 2.45) is 0 Å². The molecular weight excluding hydrogens is 304 g/mol. The van der Waals surface area contributed by atoms with Gasteiger partial charge in [-0.3, -0.25) is 0 Å². The highest BCUT2D eigenvalue weighted by molar-refractivity contribution is 9.10. The SMILES string of the molecule is N#Cc1cccc(C2CNc3cccc(Br)c3O2)c1. The van der Waals surface area contributed by atoms with E-state index >= 15 is 0 Å². The topological polar surface area (TPSA) is 45.0 Å². The molecule has 0 aliphatic carbocycles. The maximum Gasteiger partial charge on any atom is 0.157 e. The Kier molecular flexibility index (Phi) is 3.14. The maximum atomic E-state index is 8.95. The van der Waals surface area contributed by atoms with Crippen LogP contribution in [-0.2, 0) is 0 Å². The fourth-order valence-electron chi connectivity index (χ4n) is 2.15. The Hall–Kier alpha value is -1.99. The van der Waals surface area contributed by atoms with Crippen LogP contribution in [0.25, 0.3) is 0 Å². The van der Waals surface area contributed by atoms with E-state index < -0.39 is 0 Å². The van der Waals surface area contributed by atoms with E-state index in [2.05, 4.69) is 27.3 Å². The van der Waals surface area contributed by atoms with Gasteiger partial charge < -0.3 is 10.1 Å². The van der Waals surface area contributed by atoms with Crippen LogP contribution in [0.4, 0.5) is 5.69 Å². The molecule has 0 amide bonds. The molecule has 1 heterocycles. The summed E-state index contributed by atoms with van der Waals surface area (Å²) in [5, 5.41) is 12.3. The Morgan fingerprint density at radius 3 is 2.95 bits per heavy atom. The molecule has 0 radical (unpaired) electrons. The lowest BCUT2D eigenvalue weighted by molar-refractivity contribution is 0.209. The fraction of sp³-hybridized carbons (Fsp3) is 0.133. The van der Waals surface area contributed by atoms with Gasteiger partial charge in [-0.2, -0.15) is 5.26 Å². The Morgan fingerprint density at radius 2 is 2.11 bits per heavy atom. The molecule has 19 heavy (non-hydrogen) atoms. The number of nitriles is 1. The zero-order valence-corrected chi connectivity index (χ0v) is 11.6. The number of rotatable bonds is 1. The maximum absolute atomic E-state index is 8.95. The summed E-state index contributed by atoms with van der Waals surface area (Å²) in [6, 6.07) is 15.6. The second kappa shape index (κ2) is 4.94. The Bertz CT molecular complexity index is 663. The minimum atomic E-state index is -0.0838. The van der Waals surface area contributed by atoms with Gasteiger partial charge in [-0.05, 0) is 45.8 Å². The van der Waals surface area contributed by atoms with E-state index in [4.69, 9.17) is 10.00 Å². The average Bonchev–Trinajstić information content (AvgIpc) is 2.47. The third-order valence-corrected chi connectivity index (χ3v) is 3.72. The van der Waals surface area contributed by atoms with E-state index in [0.717, 1.165) is 21.5 Å². The van der Waals surface area contributed by atoms with E-state index in [1.165, 1.54) is 0 Å². The van der Waals surface area contributed by atoms with Gasteiger partial charge in [0.05, 0.1) is 28.3 Å². The zero-order chi connectivity index (χ0) is 13.2. The number of hydrogen-bond donors (Lipinski definition) is 1.